The van der Waals surface area contributed by atoms with Gasteiger partial charge in [0, 0.05) is 25.5 Å². The van der Waals surface area contributed by atoms with Crippen LogP contribution in [0, 0.1) is 5.82 Å². The summed E-state index contributed by atoms with van der Waals surface area (Å²) in [4.78, 5) is 4.05. The normalized spacial score (nSPS) is 10.5. The summed E-state index contributed by atoms with van der Waals surface area (Å²) in [6, 6.07) is 10.3. The summed E-state index contributed by atoms with van der Waals surface area (Å²) in [5.74, 6) is 1.09. The molecule has 0 atom stereocenters. The Balaban J connectivity index is 0.00000320. The molecule has 1 N–H and O–H groups in total. The van der Waals surface area contributed by atoms with E-state index in [1.165, 1.54) is 12.1 Å². The van der Waals surface area contributed by atoms with Gasteiger partial charge in [-0.1, -0.05) is 12.1 Å². The van der Waals surface area contributed by atoms with Crippen molar-refractivity contribution < 1.29 is 13.9 Å². The molecule has 0 saturated heterocycles. The summed E-state index contributed by atoms with van der Waals surface area (Å²) in [7, 11) is 0. The van der Waals surface area contributed by atoms with Crippen LogP contribution in [0.15, 0.2) is 59.6 Å². The number of imidazole rings is 1. The largest absolute Gasteiger partial charge is 0.490 e. The van der Waals surface area contributed by atoms with E-state index in [9.17, 15) is 4.39 Å². The molecule has 2 aromatic carbocycles. The van der Waals surface area contributed by atoms with Crippen molar-refractivity contribution >= 4 is 28.3 Å². The maximum absolute atomic E-state index is 13.1. The second-order valence-corrected chi connectivity index (χ2v) is 7.44. The minimum atomic E-state index is -0.258. The average molecular weight is 499 g/mol. The number of hydrogen-bond donors (Lipinski definition) is 1. The van der Waals surface area contributed by atoms with Crippen LogP contribution in [0.3, 0.4) is 0 Å². The third kappa shape index (κ3) is 7.31. The van der Waals surface area contributed by atoms with Crippen molar-refractivity contribution in [2.45, 2.75) is 33.0 Å². The minimum absolute atomic E-state index is 0. The van der Waals surface area contributed by atoms with Crippen molar-refractivity contribution in [3.63, 3.8) is 0 Å². The highest BCUT2D eigenvalue weighted by Gasteiger charge is 2.13. The quantitative estimate of drug-likeness (QED) is 0.361. The molecule has 0 radical (unpaired) electrons. The number of aryl methyl sites for hydroxylation is 1. The Bertz CT molecular complexity index is 892. The zero-order valence-electron chi connectivity index (χ0n) is 16.8. The van der Waals surface area contributed by atoms with Crippen molar-refractivity contribution in [2.24, 2.45) is 0 Å². The van der Waals surface area contributed by atoms with Gasteiger partial charge in [0.25, 0.3) is 0 Å². The number of ether oxygens (including phenoxy) is 2. The van der Waals surface area contributed by atoms with Crippen LogP contribution in [0.2, 0.25) is 0 Å². The summed E-state index contributed by atoms with van der Waals surface area (Å²) < 4.78 is 27.7. The van der Waals surface area contributed by atoms with Gasteiger partial charge in [0.2, 0.25) is 0 Å². The summed E-state index contributed by atoms with van der Waals surface area (Å²) in [5, 5.41) is 3.46. The lowest BCUT2D eigenvalue weighted by atomic mass is 10.2. The first kappa shape index (κ1) is 24.2. The Morgan fingerprint density at radius 1 is 1.13 bits per heavy atom. The second-order valence-electron chi connectivity index (χ2n) is 6.58. The summed E-state index contributed by atoms with van der Waals surface area (Å²) in [6.07, 6.45) is 6.61. The lowest BCUT2D eigenvalue weighted by Crippen LogP contribution is -2.16. The molecule has 3 rings (SSSR count). The van der Waals surface area contributed by atoms with Gasteiger partial charge in [-0.3, -0.25) is 0 Å². The first-order chi connectivity index (χ1) is 14.2. The van der Waals surface area contributed by atoms with E-state index in [0.29, 0.717) is 24.7 Å². The smallest absolute Gasteiger partial charge is 0.175 e. The molecule has 5 nitrogen and oxygen atoms in total. The fourth-order valence-corrected chi connectivity index (χ4v) is 3.50. The number of nitrogens with one attached hydrogen (secondary N) is 1. The molecular weight excluding hydrogens is 473 g/mol. The molecule has 162 valence electrons. The zero-order chi connectivity index (χ0) is 20.5. The van der Waals surface area contributed by atoms with Crippen molar-refractivity contribution in [2.75, 3.05) is 13.2 Å². The maximum Gasteiger partial charge on any atom is 0.175 e. The molecular formula is C22H26BrClFN3O2. The molecule has 0 aliphatic carbocycles. The zero-order valence-corrected chi connectivity index (χ0v) is 19.2. The Morgan fingerprint density at radius 2 is 1.93 bits per heavy atom. The van der Waals surface area contributed by atoms with Crippen molar-refractivity contribution in [3.8, 4) is 11.5 Å². The molecule has 0 spiro atoms. The number of rotatable bonds is 11. The summed E-state index contributed by atoms with van der Waals surface area (Å²) >= 11 is 3.60. The topological polar surface area (TPSA) is 48.3 Å². The Hall–Kier alpha value is -2.09. The molecule has 3 aromatic rings. The predicted octanol–water partition coefficient (Wildman–Crippen LogP) is 5.36. The highest BCUT2D eigenvalue weighted by Crippen LogP contribution is 2.37. The van der Waals surface area contributed by atoms with Crippen LogP contribution in [0.5, 0.6) is 11.5 Å². The number of benzene rings is 2. The van der Waals surface area contributed by atoms with Gasteiger partial charge in [0.1, 0.15) is 12.4 Å². The predicted molar refractivity (Wildman–Crippen MR) is 122 cm³/mol. The van der Waals surface area contributed by atoms with Crippen molar-refractivity contribution in [1.29, 1.82) is 0 Å². The van der Waals surface area contributed by atoms with Gasteiger partial charge < -0.3 is 19.4 Å². The monoisotopic (exact) mass is 497 g/mol. The third-order valence-electron chi connectivity index (χ3n) is 4.32. The fraction of sp³-hybridized carbons (Fsp3) is 0.318. The van der Waals surface area contributed by atoms with E-state index in [0.717, 1.165) is 41.7 Å². The van der Waals surface area contributed by atoms with E-state index in [1.54, 1.807) is 18.3 Å². The lowest BCUT2D eigenvalue weighted by Gasteiger charge is -2.16. The number of aromatic nitrogens is 2. The molecule has 8 heteroatoms. The van der Waals surface area contributed by atoms with E-state index in [2.05, 4.69) is 30.8 Å². The number of hydrogen-bond acceptors (Lipinski definition) is 4. The van der Waals surface area contributed by atoms with E-state index in [-0.39, 0.29) is 18.2 Å². The minimum Gasteiger partial charge on any atom is -0.490 e. The summed E-state index contributed by atoms with van der Waals surface area (Å²) in [6.45, 7) is 5.41. The molecule has 0 fully saturated rings. The van der Waals surface area contributed by atoms with Gasteiger partial charge in [-0.05, 0) is 71.2 Å². The van der Waals surface area contributed by atoms with Gasteiger partial charge in [0.15, 0.2) is 11.5 Å². The highest BCUT2D eigenvalue weighted by molar-refractivity contribution is 9.10. The van der Waals surface area contributed by atoms with Crippen LogP contribution in [0.25, 0.3) is 0 Å². The number of nitrogens with zero attached hydrogens (tertiary/aromatic N) is 2. The summed E-state index contributed by atoms with van der Waals surface area (Å²) in [5.41, 5.74) is 2.00. The average Bonchev–Trinajstić information content (AvgIpc) is 3.22. The van der Waals surface area contributed by atoms with Gasteiger partial charge >= 0.3 is 0 Å². The molecule has 0 unspecified atom stereocenters. The standard InChI is InChI=1S/C22H25BrFN3O2.ClH/c1-2-28-21-13-18(14-25-8-3-10-27-11-9-26-16-27)12-20(23)22(21)29-15-17-4-6-19(24)7-5-17;/h4-7,9,11-13,16,25H,2-3,8,10,14-15H2,1H3;1H. The Morgan fingerprint density at radius 3 is 2.63 bits per heavy atom. The molecule has 0 saturated carbocycles. The molecule has 30 heavy (non-hydrogen) atoms. The van der Waals surface area contributed by atoms with Gasteiger partial charge in [-0.25, -0.2) is 9.37 Å². The van der Waals surface area contributed by atoms with Crippen LogP contribution < -0.4 is 14.8 Å². The Kier molecular flexibility index (Phi) is 10.1. The first-order valence-corrected chi connectivity index (χ1v) is 10.4. The van der Waals surface area contributed by atoms with Gasteiger partial charge in [-0.15, -0.1) is 12.4 Å². The van der Waals surface area contributed by atoms with Crippen LogP contribution in [0.4, 0.5) is 4.39 Å². The highest BCUT2D eigenvalue weighted by atomic mass is 79.9. The molecule has 1 aromatic heterocycles. The van der Waals surface area contributed by atoms with Gasteiger partial charge in [0.05, 0.1) is 17.4 Å². The molecule has 0 aliphatic heterocycles. The molecule has 0 bridgehead atoms. The molecule has 0 aliphatic rings. The fourth-order valence-electron chi connectivity index (χ4n) is 2.90. The second kappa shape index (κ2) is 12.6. The van der Waals surface area contributed by atoms with E-state index < -0.39 is 0 Å². The maximum atomic E-state index is 13.1. The van der Waals surface area contributed by atoms with Crippen molar-refractivity contribution in [3.05, 3.63) is 76.5 Å². The van der Waals surface area contributed by atoms with Gasteiger partial charge in [-0.2, -0.15) is 0 Å². The van der Waals surface area contributed by atoms with E-state index >= 15 is 0 Å². The van der Waals surface area contributed by atoms with Crippen LogP contribution >= 0.6 is 28.3 Å². The SMILES string of the molecule is CCOc1cc(CNCCCn2ccnc2)cc(Br)c1OCc1ccc(F)cc1.Cl. The lowest BCUT2D eigenvalue weighted by molar-refractivity contribution is 0.267. The van der Waals surface area contributed by atoms with Crippen LogP contribution in [0.1, 0.15) is 24.5 Å². The van der Waals surface area contributed by atoms with Crippen LogP contribution in [-0.2, 0) is 19.7 Å². The van der Waals surface area contributed by atoms with E-state index in [4.69, 9.17) is 9.47 Å². The molecule has 1 heterocycles. The Labute approximate surface area is 191 Å². The van der Waals surface area contributed by atoms with E-state index in [1.807, 2.05) is 31.6 Å². The number of halogens is 3. The van der Waals surface area contributed by atoms with Crippen molar-refractivity contribution in [1.82, 2.24) is 14.9 Å². The third-order valence-corrected chi connectivity index (χ3v) is 4.91. The first-order valence-electron chi connectivity index (χ1n) is 9.64. The molecule has 0 amide bonds. The van der Waals surface area contributed by atoms with Crippen LogP contribution in [-0.4, -0.2) is 22.7 Å².